The molecule has 6 nitrogen and oxygen atoms in total. The summed E-state index contributed by atoms with van der Waals surface area (Å²) in [5.74, 6) is 2.28. The second-order valence-corrected chi connectivity index (χ2v) is 9.81. The second kappa shape index (κ2) is 10.0. The fraction of sp³-hybridized carbons (Fsp3) is 0.143. The molecule has 0 saturated heterocycles. The van der Waals surface area contributed by atoms with Crippen molar-refractivity contribution in [3.63, 3.8) is 0 Å². The first-order valence-corrected chi connectivity index (χ1v) is 12.3. The average molecular weight is 513 g/mol. The lowest BCUT2D eigenvalue weighted by atomic mass is 9.87. The van der Waals surface area contributed by atoms with Crippen molar-refractivity contribution >= 4 is 24.4 Å². The molecule has 0 atom stereocenters. The zero-order chi connectivity index (χ0) is 25.1. The van der Waals surface area contributed by atoms with E-state index in [9.17, 15) is 0 Å². The van der Waals surface area contributed by atoms with Gasteiger partial charge in [-0.25, -0.2) is 0 Å². The second-order valence-electron chi connectivity index (χ2n) is 9.03. The monoisotopic (exact) mass is 512 g/mol. The highest BCUT2D eigenvalue weighted by Gasteiger charge is 2.24. The molecule has 0 amide bonds. The van der Waals surface area contributed by atoms with Crippen molar-refractivity contribution in [2.45, 2.75) is 20.3 Å². The van der Waals surface area contributed by atoms with Crippen LogP contribution in [0.5, 0.6) is 11.8 Å². The van der Waals surface area contributed by atoms with Crippen LogP contribution in [-0.4, -0.2) is 19.9 Å². The Morgan fingerprint density at radius 2 is 1.11 bits per heavy atom. The Bertz CT molecular complexity index is 1460. The van der Waals surface area contributed by atoms with E-state index in [4.69, 9.17) is 33.9 Å². The molecule has 8 heteroatoms. The van der Waals surface area contributed by atoms with Gasteiger partial charge in [0.15, 0.2) is 0 Å². The summed E-state index contributed by atoms with van der Waals surface area (Å²) in [5.41, 5.74) is 3.37. The number of rotatable bonds is 6. The van der Waals surface area contributed by atoms with Gasteiger partial charge in [0.2, 0.25) is 21.3 Å². The lowest BCUT2D eigenvalue weighted by molar-refractivity contribution is 0.322. The van der Waals surface area contributed by atoms with Crippen LogP contribution in [0.3, 0.4) is 0 Å². The predicted molar refractivity (Wildman–Crippen MR) is 146 cm³/mol. The summed E-state index contributed by atoms with van der Waals surface area (Å²) < 4.78 is 13.1. The van der Waals surface area contributed by atoms with Crippen molar-refractivity contribution in [1.29, 1.82) is 0 Å². The maximum absolute atomic E-state index is 6.21. The Morgan fingerprint density at radius 3 is 1.53 bits per heavy atom. The zero-order valence-corrected chi connectivity index (χ0v) is 21.5. The molecular weight excluding hydrogens is 488 g/mol. The predicted octanol–water partition coefficient (Wildman–Crippen LogP) is 7.58. The van der Waals surface area contributed by atoms with E-state index in [-0.39, 0.29) is 5.41 Å². The van der Waals surface area contributed by atoms with E-state index in [0.29, 0.717) is 39.2 Å². The first-order valence-electron chi connectivity index (χ1n) is 11.5. The van der Waals surface area contributed by atoms with Crippen molar-refractivity contribution in [3.8, 4) is 34.3 Å². The van der Waals surface area contributed by atoms with E-state index in [1.54, 1.807) is 0 Å². The minimum Gasteiger partial charge on any atom is -0.443 e. The maximum atomic E-state index is 6.21. The fourth-order valence-corrected chi connectivity index (χ4v) is 4.47. The average Bonchev–Trinajstić information content (AvgIpc) is 2.83. The molecule has 5 rings (SSSR count). The number of nitrogens with zero attached hydrogens (tertiary/aromatic N) is 2. The molecule has 4 aromatic rings. The number of hydrogen-bond acceptors (Lipinski definition) is 6. The standard InChI is InChI=1S/C28H24N4O2S2/c1-28(2)16-20(33-24-14-22(29-26(35)31-24)18-9-5-3-6-10-18)13-21(17-28)34-25-15-23(30-27(36)32-25)19-11-7-4-8-12-19/h3-12,14-17H,13H2,1-2H3,(H,29,31,35)(H,30,32,36). The van der Waals surface area contributed by atoms with E-state index < -0.39 is 0 Å². The van der Waals surface area contributed by atoms with Gasteiger partial charge in [-0.15, -0.1) is 0 Å². The molecule has 0 radical (unpaired) electrons. The highest BCUT2D eigenvalue weighted by atomic mass is 32.1. The van der Waals surface area contributed by atoms with Gasteiger partial charge < -0.3 is 19.4 Å². The normalized spacial score (nSPS) is 14.5. The third-order valence-corrected chi connectivity index (χ3v) is 5.88. The van der Waals surface area contributed by atoms with Crippen molar-refractivity contribution in [1.82, 2.24) is 19.9 Å². The van der Waals surface area contributed by atoms with Crippen molar-refractivity contribution < 1.29 is 9.47 Å². The molecule has 1 aliphatic carbocycles. The van der Waals surface area contributed by atoms with Crippen LogP contribution in [0.4, 0.5) is 0 Å². The van der Waals surface area contributed by atoms with Gasteiger partial charge in [0.05, 0.1) is 17.8 Å². The summed E-state index contributed by atoms with van der Waals surface area (Å²) in [6.07, 6.45) is 4.55. The summed E-state index contributed by atoms with van der Waals surface area (Å²) in [4.78, 5) is 15.0. The number of nitrogens with one attached hydrogen (secondary N) is 2. The van der Waals surface area contributed by atoms with Crippen LogP contribution >= 0.6 is 24.4 Å². The van der Waals surface area contributed by atoms with Gasteiger partial charge in [-0.3, -0.25) is 0 Å². The molecule has 2 aromatic heterocycles. The highest BCUT2D eigenvalue weighted by molar-refractivity contribution is 7.71. The minimum atomic E-state index is -0.303. The summed E-state index contributed by atoms with van der Waals surface area (Å²) in [5, 5.41) is 0. The SMILES string of the molecule is CC1(C)C=C(Oc2cc(-c3ccccc3)[nH]c(=S)n2)CC(Oc2cc(-c3ccccc3)[nH]c(=S)n2)=C1. The summed E-state index contributed by atoms with van der Waals surface area (Å²) >= 11 is 10.7. The molecule has 0 bridgehead atoms. The highest BCUT2D eigenvalue weighted by Crippen LogP contribution is 2.34. The van der Waals surface area contributed by atoms with Crippen LogP contribution in [0, 0.1) is 15.0 Å². The zero-order valence-electron chi connectivity index (χ0n) is 19.8. The van der Waals surface area contributed by atoms with Gasteiger partial charge >= 0.3 is 0 Å². The Morgan fingerprint density at radius 1 is 0.694 bits per heavy atom. The van der Waals surface area contributed by atoms with Gasteiger partial charge in [-0.1, -0.05) is 74.5 Å². The Hall–Kier alpha value is -3.88. The third-order valence-electron chi connectivity index (χ3n) is 5.50. The fourth-order valence-electron chi connectivity index (χ4n) is 4.07. The summed E-state index contributed by atoms with van der Waals surface area (Å²) in [6, 6.07) is 23.5. The van der Waals surface area contributed by atoms with Gasteiger partial charge in [0.1, 0.15) is 11.5 Å². The molecule has 0 aliphatic heterocycles. The molecule has 2 N–H and O–H groups in total. The number of ether oxygens (including phenoxy) is 2. The molecule has 0 spiro atoms. The molecule has 36 heavy (non-hydrogen) atoms. The number of allylic oxidation sites excluding steroid dienone is 2. The lowest BCUT2D eigenvalue weighted by Crippen LogP contribution is -2.17. The van der Waals surface area contributed by atoms with Gasteiger partial charge in [0, 0.05) is 17.5 Å². The van der Waals surface area contributed by atoms with E-state index in [0.717, 1.165) is 22.5 Å². The topological polar surface area (TPSA) is 75.8 Å². The Balaban J connectivity index is 1.38. The van der Waals surface area contributed by atoms with Crippen LogP contribution in [-0.2, 0) is 0 Å². The van der Waals surface area contributed by atoms with Gasteiger partial charge in [-0.05, 0) is 47.7 Å². The molecule has 2 aromatic carbocycles. The van der Waals surface area contributed by atoms with Gasteiger partial charge in [0.25, 0.3) is 0 Å². The Labute approximate surface area is 219 Å². The van der Waals surface area contributed by atoms with E-state index >= 15 is 0 Å². The van der Waals surface area contributed by atoms with Crippen molar-refractivity contribution in [2.75, 3.05) is 0 Å². The van der Waals surface area contributed by atoms with Crippen molar-refractivity contribution in [3.05, 3.63) is 106 Å². The first kappa shape index (κ1) is 23.8. The van der Waals surface area contributed by atoms with Crippen LogP contribution in [0.25, 0.3) is 22.5 Å². The number of H-pyrrole nitrogens is 2. The summed E-state index contributed by atoms with van der Waals surface area (Å²) in [6.45, 7) is 4.16. The molecule has 0 fully saturated rings. The number of aromatic amines is 2. The van der Waals surface area contributed by atoms with Crippen LogP contribution < -0.4 is 9.47 Å². The van der Waals surface area contributed by atoms with E-state index in [1.165, 1.54) is 0 Å². The molecule has 0 saturated carbocycles. The largest absolute Gasteiger partial charge is 0.443 e. The quantitative estimate of drug-likeness (QED) is 0.259. The number of hydrogen-bond donors (Lipinski definition) is 2. The lowest BCUT2D eigenvalue weighted by Gasteiger charge is -2.25. The molecule has 1 aliphatic rings. The number of benzene rings is 2. The minimum absolute atomic E-state index is 0.303. The van der Waals surface area contributed by atoms with E-state index in [1.807, 2.05) is 72.8 Å². The third kappa shape index (κ3) is 5.84. The van der Waals surface area contributed by atoms with Crippen LogP contribution in [0.15, 0.2) is 96.5 Å². The molecule has 180 valence electrons. The number of aromatic nitrogens is 4. The maximum Gasteiger partial charge on any atom is 0.223 e. The smallest absolute Gasteiger partial charge is 0.223 e. The molecule has 2 heterocycles. The van der Waals surface area contributed by atoms with E-state index in [2.05, 4.69) is 45.9 Å². The Kier molecular flexibility index (Phi) is 6.63. The first-order chi connectivity index (χ1) is 17.3. The van der Waals surface area contributed by atoms with Gasteiger partial charge in [-0.2, -0.15) is 9.97 Å². The van der Waals surface area contributed by atoms with Crippen molar-refractivity contribution in [2.24, 2.45) is 5.41 Å². The molecule has 0 unspecified atom stereocenters. The van der Waals surface area contributed by atoms with Crippen LogP contribution in [0.1, 0.15) is 20.3 Å². The molecular formula is C28H24N4O2S2. The van der Waals surface area contributed by atoms with Crippen LogP contribution in [0.2, 0.25) is 0 Å². The summed E-state index contributed by atoms with van der Waals surface area (Å²) in [7, 11) is 0.